The van der Waals surface area contributed by atoms with Gasteiger partial charge in [-0.15, -0.1) is 24.0 Å². The van der Waals surface area contributed by atoms with Crippen molar-refractivity contribution in [2.75, 3.05) is 26.7 Å². The van der Waals surface area contributed by atoms with Crippen LogP contribution in [0.1, 0.15) is 44.6 Å². The first-order valence-corrected chi connectivity index (χ1v) is 9.99. The normalized spacial score (nSPS) is 11.2. The number of aromatic amines is 1. The molecule has 0 saturated heterocycles. The number of aromatic nitrogens is 1. The van der Waals surface area contributed by atoms with E-state index in [1.807, 2.05) is 19.2 Å². The Morgan fingerprint density at radius 2 is 1.93 bits per heavy atom. The summed E-state index contributed by atoms with van der Waals surface area (Å²) in [7, 11) is 1.75. The number of nitrogens with zero attached hydrogens (tertiary/aromatic N) is 1. The fraction of sp³-hybridized carbons (Fsp3) is 0.524. The van der Waals surface area contributed by atoms with E-state index in [9.17, 15) is 9.18 Å². The predicted octanol–water partition coefficient (Wildman–Crippen LogP) is 4.15. The number of hydrogen-bond acceptors (Lipinski definition) is 3. The fourth-order valence-corrected chi connectivity index (χ4v) is 3.09. The van der Waals surface area contributed by atoms with E-state index in [0.717, 1.165) is 67.6 Å². The van der Waals surface area contributed by atoms with Crippen molar-refractivity contribution in [3.8, 4) is 0 Å². The molecule has 0 radical (unpaired) electrons. The van der Waals surface area contributed by atoms with E-state index in [0.29, 0.717) is 13.0 Å². The molecule has 0 aliphatic carbocycles. The number of esters is 1. The first-order chi connectivity index (χ1) is 13.6. The third-order valence-corrected chi connectivity index (χ3v) is 4.55. The number of H-pyrrole nitrogens is 1. The second-order valence-electron chi connectivity index (χ2n) is 6.65. The van der Waals surface area contributed by atoms with Gasteiger partial charge in [0.25, 0.3) is 0 Å². The third kappa shape index (κ3) is 9.01. The van der Waals surface area contributed by atoms with Crippen LogP contribution in [0.15, 0.2) is 29.4 Å². The molecule has 0 atom stereocenters. The lowest BCUT2D eigenvalue weighted by atomic mass is 10.1. The Balaban J connectivity index is 0.00000420. The number of benzene rings is 1. The number of hydrogen-bond donors (Lipinski definition) is 3. The zero-order valence-corrected chi connectivity index (χ0v) is 19.6. The molecule has 1 heterocycles. The monoisotopic (exact) mass is 518 g/mol. The highest BCUT2D eigenvalue weighted by atomic mass is 127. The Labute approximate surface area is 189 Å². The Bertz CT molecular complexity index is 779. The van der Waals surface area contributed by atoms with E-state index in [1.165, 1.54) is 12.1 Å². The van der Waals surface area contributed by atoms with E-state index < -0.39 is 0 Å². The third-order valence-electron chi connectivity index (χ3n) is 4.55. The number of nitrogens with one attached hydrogen (secondary N) is 3. The van der Waals surface area contributed by atoms with Crippen molar-refractivity contribution in [3.05, 3.63) is 35.8 Å². The van der Waals surface area contributed by atoms with Crippen LogP contribution in [0, 0.1) is 5.82 Å². The molecule has 0 amide bonds. The summed E-state index contributed by atoms with van der Waals surface area (Å²) in [6, 6.07) is 4.81. The average Bonchev–Trinajstić information content (AvgIpc) is 3.08. The number of ether oxygens (including phenoxy) is 1. The highest BCUT2D eigenvalue weighted by Gasteiger charge is 2.05. The van der Waals surface area contributed by atoms with E-state index >= 15 is 0 Å². The minimum atomic E-state index is -0.232. The lowest BCUT2D eigenvalue weighted by Gasteiger charge is -2.11. The lowest BCUT2D eigenvalue weighted by molar-refractivity contribution is -0.143. The zero-order chi connectivity index (χ0) is 20.2. The molecular formula is C21H32FIN4O2. The summed E-state index contributed by atoms with van der Waals surface area (Å²) in [5.41, 5.74) is 1.97. The molecule has 6 nitrogen and oxygen atoms in total. The fourth-order valence-electron chi connectivity index (χ4n) is 3.09. The second kappa shape index (κ2) is 14.2. The number of unbranched alkanes of at least 4 members (excludes halogenated alkanes) is 3. The smallest absolute Gasteiger partial charge is 0.305 e. The van der Waals surface area contributed by atoms with Crippen LogP contribution in [-0.4, -0.2) is 43.7 Å². The first kappa shape index (κ1) is 25.2. The summed E-state index contributed by atoms with van der Waals surface area (Å²) < 4.78 is 18.2. The number of aliphatic imine (C=N–C) groups is 1. The van der Waals surface area contributed by atoms with Crippen LogP contribution >= 0.6 is 24.0 Å². The van der Waals surface area contributed by atoms with Crippen LogP contribution in [-0.2, 0) is 16.0 Å². The Hall–Kier alpha value is -1.84. The van der Waals surface area contributed by atoms with Crippen molar-refractivity contribution >= 4 is 46.8 Å². The van der Waals surface area contributed by atoms with Crippen LogP contribution in [0.2, 0.25) is 0 Å². The molecule has 29 heavy (non-hydrogen) atoms. The number of rotatable bonds is 11. The van der Waals surface area contributed by atoms with Gasteiger partial charge in [-0.05, 0) is 49.9 Å². The van der Waals surface area contributed by atoms with Gasteiger partial charge >= 0.3 is 5.97 Å². The van der Waals surface area contributed by atoms with Crippen LogP contribution in [0.4, 0.5) is 4.39 Å². The van der Waals surface area contributed by atoms with E-state index in [1.54, 1.807) is 7.05 Å². The molecule has 0 bridgehead atoms. The maximum absolute atomic E-state index is 13.3. The van der Waals surface area contributed by atoms with Crippen LogP contribution in [0.3, 0.4) is 0 Å². The van der Waals surface area contributed by atoms with Crippen molar-refractivity contribution in [1.82, 2.24) is 15.6 Å². The molecule has 2 aromatic rings. The maximum Gasteiger partial charge on any atom is 0.305 e. The van der Waals surface area contributed by atoms with Crippen molar-refractivity contribution < 1.29 is 13.9 Å². The lowest BCUT2D eigenvalue weighted by Crippen LogP contribution is -2.38. The van der Waals surface area contributed by atoms with Gasteiger partial charge in [-0.2, -0.15) is 0 Å². The molecular weight excluding hydrogens is 486 g/mol. The van der Waals surface area contributed by atoms with E-state index in [2.05, 4.69) is 20.6 Å². The predicted molar refractivity (Wildman–Crippen MR) is 126 cm³/mol. The highest BCUT2D eigenvalue weighted by Crippen LogP contribution is 2.19. The minimum Gasteiger partial charge on any atom is -0.466 e. The molecule has 0 fully saturated rings. The van der Waals surface area contributed by atoms with Gasteiger partial charge in [-0.25, -0.2) is 4.39 Å². The molecule has 0 spiro atoms. The number of halogens is 2. The first-order valence-electron chi connectivity index (χ1n) is 9.99. The maximum atomic E-state index is 13.3. The standard InChI is InChI=1S/C21H31FN4O2.HI/c1-3-28-20(27)8-6-4-5-7-12-24-21(23-2)25-13-11-16-15-26-19-14-17(22)9-10-18(16)19;/h9-10,14-15,26H,3-8,11-13H2,1-2H3,(H2,23,24,25);1H. The van der Waals surface area contributed by atoms with Gasteiger partial charge in [0.05, 0.1) is 6.61 Å². The van der Waals surface area contributed by atoms with Gasteiger partial charge in [0, 0.05) is 43.7 Å². The Morgan fingerprint density at radius 1 is 1.17 bits per heavy atom. The molecule has 8 heteroatoms. The molecule has 3 N–H and O–H groups in total. The van der Waals surface area contributed by atoms with Gasteiger partial charge < -0.3 is 20.4 Å². The number of fused-ring (bicyclic) bond motifs is 1. The van der Waals surface area contributed by atoms with E-state index in [4.69, 9.17) is 4.74 Å². The summed E-state index contributed by atoms with van der Waals surface area (Å²) in [5.74, 6) is 0.437. The number of carbonyl (C=O) groups excluding carboxylic acids is 1. The largest absolute Gasteiger partial charge is 0.466 e. The molecule has 1 aromatic carbocycles. The van der Waals surface area contributed by atoms with Crippen molar-refractivity contribution in [1.29, 1.82) is 0 Å². The molecule has 1 aromatic heterocycles. The van der Waals surface area contributed by atoms with Gasteiger partial charge in [0.2, 0.25) is 0 Å². The average molecular weight is 518 g/mol. The molecule has 0 aliphatic rings. The number of carbonyl (C=O) groups is 1. The SMILES string of the molecule is CCOC(=O)CCCCCCNC(=NC)NCCc1c[nH]c2cc(F)ccc12.I. The van der Waals surface area contributed by atoms with Gasteiger partial charge in [0.1, 0.15) is 5.82 Å². The second-order valence-corrected chi connectivity index (χ2v) is 6.65. The molecule has 0 aliphatic heterocycles. The van der Waals surface area contributed by atoms with Gasteiger partial charge in [-0.3, -0.25) is 9.79 Å². The van der Waals surface area contributed by atoms with Crippen molar-refractivity contribution in [3.63, 3.8) is 0 Å². The van der Waals surface area contributed by atoms with Crippen LogP contribution in [0.5, 0.6) is 0 Å². The minimum absolute atomic E-state index is 0. The van der Waals surface area contributed by atoms with Crippen LogP contribution in [0.25, 0.3) is 10.9 Å². The summed E-state index contributed by atoms with van der Waals surface area (Å²) in [5, 5.41) is 7.66. The molecule has 162 valence electrons. The zero-order valence-electron chi connectivity index (χ0n) is 17.2. The van der Waals surface area contributed by atoms with Gasteiger partial charge in [0.15, 0.2) is 5.96 Å². The number of guanidine groups is 1. The topological polar surface area (TPSA) is 78.5 Å². The van der Waals surface area contributed by atoms with Crippen molar-refractivity contribution in [2.24, 2.45) is 4.99 Å². The van der Waals surface area contributed by atoms with Crippen molar-refractivity contribution in [2.45, 2.75) is 45.4 Å². The van der Waals surface area contributed by atoms with Crippen LogP contribution < -0.4 is 10.6 Å². The summed E-state index contributed by atoms with van der Waals surface area (Å²) in [6.07, 6.45) is 7.24. The summed E-state index contributed by atoms with van der Waals surface area (Å²) in [6.45, 7) is 3.86. The molecule has 0 saturated carbocycles. The quantitative estimate of drug-likeness (QED) is 0.137. The highest BCUT2D eigenvalue weighted by molar-refractivity contribution is 14.0. The molecule has 0 unspecified atom stereocenters. The summed E-state index contributed by atoms with van der Waals surface area (Å²) in [4.78, 5) is 18.6. The molecule has 2 rings (SSSR count). The Morgan fingerprint density at radius 3 is 2.69 bits per heavy atom. The van der Waals surface area contributed by atoms with Gasteiger partial charge in [-0.1, -0.05) is 12.8 Å². The summed E-state index contributed by atoms with van der Waals surface area (Å²) >= 11 is 0. The van der Waals surface area contributed by atoms with E-state index in [-0.39, 0.29) is 35.8 Å². The Kier molecular flexibility index (Phi) is 12.3.